The number of nitrogens with zero attached hydrogens (tertiary/aromatic N) is 2. The summed E-state index contributed by atoms with van der Waals surface area (Å²) in [5.74, 6) is 0.138. The molecule has 0 aliphatic heterocycles. The van der Waals surface area contributed by atoms with E-state index in [-0.39, 0.29) is 5.92 Å². The molecular weight excluding hydrogens is 200 g/mol. The van der Waals surface area contributed by atoms with Gasteiger partial charge in [-0.05, 0) is 18.4 Å². The van der Waals surface area contributed by atoms with Gasteiger partial charge in [0.1, 0.15) is 6.61 Å². The molecule has 82 valence electrons. The lowest BCUT2D eigenvalue weighted by Crippen LogP contribution is -1.94. The topological polar surface area (TPSA) is 45.4 Å². The lowest BCUT2D eigenvalue weighted by atomic mass is 10.1. The summed E-state index contributed by atoms with van der Waals surface area (Å²) in [5.41, 5.74) is 2.13. The Labute approximate surface area is 95.3 Å². The molecule has 1 aromatic carbocycles. The van der Waals surface area contributed by atoms with Gasteiger partial charge >= 0.3 is 0 Å². The zero-order valence-corrected chi connectivity index (χ0v) is 9.10. The van der Waals surface area contributed by atoms with Crippen LogP contribution in [0.3, 0.4) is 0 Å². The molecule has 0 amide bonds. The summed E-state index contributed by atoms with van der Waals surface area (Å²) in [6.07, 6.45) is 2.59. The fraction of sp³-hybridized carbons (Fsp3) is 0.385. The van der Waals surface area contributed by atoms with Crippen molar-refractivity contribution in [1.82, 2.24) is 0 Å². The highest BCUT2D eigenvalue weighted by Crippen LogP contribution is 2.22. The van der Waals surface area contributed by atoms with E-state index in [0.717, 1.165) is 30.5 Å². The van der Waals surface area contributed by atoms with Gasteiger partial charge in [-0.25, -0.2) is 0 Å². The number of nitriles is 1. The monoisotopic (exact) mass is 214 g/mol. The van der Waals surface area contributed by atoms with Crippen molar-refractivity contribution in [1.29, 1.82) is 5.26 Å². The Morgan fingerprint density at radius 2 is 2.19 bits per heavy atom. The molecule has 0 bridgehead atoms. The minimum absolute atomic E-state index is 0.138. The second-order valence-electron chi connectivity index (χ2n) is 3.99. The highest BCUT2D eigenvalue weighted by atomic mass is 16.6. The molecule has 0 radical (unpaired) electrons. The van der Waals surface area contributed by atoms with Crippen LogP contribution >= 0.6 is 0 Å². The molecule has 0 aromatic heterocycles. The SMILES string of the molecule is N#CC1CCC(=NOCc2ccccc2)C1. The quantitative estimate of drug-likeness (QED) is 0.726. The predicted molar refractivity (Wildman–Crippen MR) is 61.6 cm³/mol. The first-order chi connectivity index (χ1) is 7.88. The maximum atomic E-state index is 8.74. The van der Waals surface area contributed by atoms with E-state index in [1.165, 1.54) is 0 Å². The molecule has 1 aliphatic carbocycles. The molecular formula is C13H14N2O. The molecule has 3 heteroatoms. The van der Waals surface area contributed by atoms with E-state index in [9.17, 15) is 0 Å². The molecule has 1 saturated carbocycles. The van der Waals surface area contributed by atoms with Crippen molar-refractivity contribution in [3.63, 3.8) is 0 Å². The summed E-state index contributed by atoms with van der Waals surface area (Å²) in [4.78, 5) is 5.27. The lowest BCUT2D eigenvalue weighted by Gasteiger charge is -2.00. The van der Waals surface area contributed by atoms with Crippen molar-refractivity contribution in [2.45, 2.75) is 25.9 Å². The molecule has 2 rings (SSSR count). The van der Waals surface area contributed by atoms with Crippen LogP contribution in [0, 0.1) is 17.2 Å². The number of oxime groups is 1. The largest absolute Gasteiger partial charge is 0.391 e. The first-order valence-corrected chi connectivity index (χ1v) is 5.49. The summed E-state index contributed by atoms with van der Waals surface area (Å²) in [6, 6.07) is 12.2. The Hall–Kier alpha value is -1.82. The third kappa shape index (κ3) is 2.83. The van der Waals surface area contributed by atoms with Gasteiger partial charge in [-0.15, -0.1) is 0 Å². The molecule has 1 aliphatic rings. The van der Waals surface area contributed by atoms with E-state index in [4.69, 9.17) is 10.1 Å². The van der Waals surface area contributed by atoms with Gasteiger partial charge in [0.25, 0.3) is 0 Å². The Bertz CT molecular complexity index is 406. The van der Waals surface area contributed by atoms with E-state index in [1.54, 1.807) is 0 Å². The van der Waals surface area contributed by atoms with Crippen LogP contribution in [0.5, 0.6) is 0 Å². The zero-order chi connectivity index (χ0) is 11.2. The fourth-order valence-electron chi connectivity index (χ4n) is 1.79. The van der Waals surface area contributed by atoms with Gasteiger partial charge in [0.05, 0.1) is 17.7 Å². The number of hydrogen-bond acceptors (Lipinski definition) is 3. The molecule has 0 saturated heterocycles. The van der Waals surface area contributed by atoms with E-state index in [2.05, 4.69) is 11.2 Å². The van der Waals surface area contributed by atoms with Gasteiger partial charge in [0.15, 0.2) is 0 Å². The third-order valence-corrected chi connectivity index (χ3v) is 2.71. The molecule has 1 unspecified atom stereocenters. The Morgan fingerprint density at radius 1 is 1.38 bits per heavy atom. The standard InChI is InChI=1S/C13H14N2O/c14-9-12-6-7-13(8-12)15-16-10-11-4-2-1-3-5-11/h1-5,12H,6-8,10H2. The molecule has 1 fully saturated rings. The summed E-state index contributed by atoms with van der Waals surface area (Å²) in [5, 5.41) is 12.8. The highest BCUT2D eigenvalue weighted by Gasteiger charge is 2.20. The van der Waals surface area contributed by atoms with Crippen LogP contribution in [0.15, 0.2) is 35.5 Å². The number of hydrogen-bond donors (Lipinski definition) is 0. The molecule has 1 atom stereocenters. The van der Waals surface area contributed by atoms with Crippen LogP contribution in [-0.2, 0) is 11.4 Å². The normalized spacial score (nSPS) is 21.9. The molecule has 1 aromatic rings. The summed E-state index contributed by atoms with van der Waals surface area (Å²) >= 11 is 0. The highest BCUT2D eigenvalue weighted by molar-refractivity contribution is 5.86. The average Bonchev–Trinajstić information content (AvgIpc) is 2.78. The zero-order valence-electron chi connectivity index (χ0n) is 9.10. The smallest absolute Gasteiger partial charge is 0.142 e. The van der Waals surface area contributed by atoms with Crippen molar-refractivity contribution in [3.05, 3.63) is 35.9 Å². The molecule has 16 heavy (non-hydrogen) atoms. The molecule has 0 heterocycles. The second-order valence-corrected chi connectivity index (χ2v) is 3.99. The predicted octanol–water partition coefficient (Wildman–Crippen LogP) is 2.88. The van der Waals surface area contributed by atoms with Crippen molar-refractivity contribution in [3.8, 4) is 6.07 Å². The third-order valence-electron chi connectivity index (χ3n) is 2.71. The van der Waals surface area contributed by atoms with Gasteiger partial charge < -0.3 is 4.84 Å². The van der Waals surface area contributed by atoms with Gasteiger partial charge in [-0.2, -0.15) is 5.26 Å². The van der Waals surface area contributed by atoms with Crippen LogP contribution in [0.4, 0.5) is 0 Å². The minimum Gasteiger partial charge on any atom is -0.391 e. The first kappa shape index (κ1) is 10.7. The second kappa shape index (κ2) is 5.32. The maximum Gasteiger partial charge on any atom is 0.142 e. The van der Waals surface area contributed by atoms with Crippen molar-refractivity contribution in [2.24, 2.45) is 11.1 Å². The molecule has 0 N–H and O–H groups in total. The van der Waals surface area contributed by atoms with E-state index in [1.807, 2.05) is 30.3 Å². The van der Waals surface area contributed by atoms with Crippen molar-refractivity contribution < 1.29 is 4.84 Å². The average molecular weight is 214 g/mol. The van der Waals surface area contributed by atoms with E-state index >= 15 is 0 Å². The first-order valence-electron chi connectivity index (χ1n) is 5.49. The summed E-state index contributed by atoms with van der Waals surface area (Å²) in [6.45, 7) is 0.502. The fourth-order valence-corrected chi connectivity index (χ4v) is 1.79. The summed E-state index contributed by atoms with van der Waals surface area (Å²) < 4.78 is 0. The van der Waals surface area contributed by atoms with Crippen LogP contribution in [0.1, 0.15) is 24.8 Å². The molecule has 0 spiro atoms. The van der Waals surface area contributed by atoms with Crippen molar-refractivity contribution >= 4 is 5.71 Å². The van der Waals surface area contributed by atoms with Crippen LogP contribution < -0.4 is 0 Å². The molecule has 3 nitrogen and oxygen atoms in total. The van der Waals surface area contributed by atoms with Crippen LogP contribution in [0.25, 0.3) is 0 Å². The van der Waals surface area contributed by atoms with Gasteiger partial charge in [-0.3, -0.25) is 0 Å². The van der Waals surface area contributed by atoms with E-state index in [0.29, 0.717) is 6.61 Å². The summed E-state index contributed by atoms with van der Waals surface area (Å²) in [7, 11) is 0. The minimum atomic E-state index is 0.138. The Morgan fingerprint density at radius 3 is 2.88 bits per heavy atom. The van der Waals surface area contributed by atoms with Crippen molar-refractivity contribution in [2.75, 3.05) is 0 Å². The van der Waals surface area contributed by atoms with Gasteiger partial charge in [0, 0.05) is 6.42 Å². The Kier molecular flexibility index (Phi) is 3.55. The number of rotatable bonds is 3. The van der Waals surface area contributed by atoms with Gasteiger partial charge in [-0.1, -0.05) is 35.5 Å². The number of benzene rings is 1. The lowest BCUT2D eigenvalue weighted by molar-refractivity contribution is 0.129. The van der Waals surface area contributed by atoms with Crippen LogP contribution in [0.2, 0.25) is 0 Å². The van der Waals surface area contributed by atoms with Gasteiger partial charge in [0.2, 0.25) is 0 Å². The van der Waals surface area contributed by atoms with Crippen LogP contribution in [-0.4, -0.2) is 5.71 Å². The maximum absolute atomic E-state index is 8.74. The Balaban J connectivity index is 1.80. The van der Waals surface area contributed by atoms with E-state index < -0.39 is 0 Å².